The largest absolute Gasteiger partial charge is 0.497 e. The van der Waals surface area contributed by atoms with Crippen molar-refractivity contribution in [1.29, 1.82) is 0 Å². The maximum Gasteiger partial charge on any atom is 0.435 e. The molecule has 1 saturated heterocycles. The van der Waals surface area contributed by atoms with Crippen molar-refractivity contribution in [3.63, 3.8) is 0 Å². The van der Waals surface area contributed by atoms with Crippen LogP contribution in [0.4, 0.5) is 18.9 Å². The number of hydrogen-bond donors (Lipinski definition) is 0. The molecule has 12 heteroatoms. The third-order valence-corrected chi connectivity index (χ3v) is 7.17. The van der Waals surface area contributed by atoms with E-state index in [1.54, 1.807) is 43.3 Å². The van der Waals surface area contributed by atoms with Crippen LogP contribution in [0.1, 0.15) is 55.3 Å². The third-order valence-electron chi connectivity index (χ3n) is 7.17. The number of carbonyl (C=O) groups excluding carboxylic acids is 3. The molecule has 210 valence electrons. The fourth-order valence-electron chi connectivity index (χ4n) is 5.14. The van der Waals surface area contributed by atoms with Gasteiger partial charge in [0.2, 0.25) is 0 Å². The van der Waals surface area contributed by atoms with Gasteiger partial charge in [0, 0.05) is 50.5 Å². The number of amides is 3. The first-order valence-electron chi connectivity index (χ1n) is 12.8. The summed E-state index contributed by atoms with van der Waals surface area (Å²) in [5.41, 5.74) is -0.640. The Hall–Kier alpha value is -4.35. The predicted molar refractivity (Wildman–Crippen MR) is 140 cm³/mol. The second kappa shape index (κ2) is 10.3. The Balaban J connectivity index is 1.62. The van der Waals surface area contributed by atoms with Crippen molar-refractivity contribution in [3.8, 4) is 11.4 Å². The van der Waals surface area contributed by atoms with Crippen molar-refractivity contribution in [2.45, 2.75) is 25.4 Å². The van der Waals surface area contributed by atoms with Crippen molar-refractivity contribution in [1.82, 2.24) is 19.6 Å². The zero-order valence-electron chi connectivity index (χ0n) is 22.3. The van der Waals surface area contributed by atoms with Gasteiger partial charge in [-0.2, -0.15) is 18.3 Å². The molecule has 2 aliphatic rings. The number of halogens is 3. The van der Waals surface area contributed by atoms with Gasteiger partial charge in [-0.15, -0.1) is 0 Å². The Kier molecular flexibility index (Phi) is 7.03. The number of hydrogen-bond acceptors (Lipinski definition) is 5. The summed E-state index contributed by atoms with van der Waals surface area (Å²) in [5.74, 6) is -0.929. The van der Waals surface area contributed by atoms with Crippen molar-refractivity contribution in [3.05, 3.63) is 70.5 Å². The molecule has 0 unspecified atom stereocenters. The summed E-state index contributed by atoms with van der Waals surface area (Å²) in [6.45, 7) is 1.04. The minimum atomic E-state index is -4.81. The van der Waals surface area contributed by atoms with Crippen LogP contribution in [0.3, 0.4) is 0 Å². The number of likely N-dealkylation sites (tertiary alicyclic amines) is 1. The zero-order valence-corrected chi connectivity index (χ0v) is 22.3. The molecule has 0 saturated carbocycles. The second-order valence-electron chi connectivity index (χ2n) is 9.92. The fraction of sp³-hybridized carbons (Fsp3) is 0.357. The lowest BCUT2D eigenvalue weighted by Crippen LogP contribution is -2.39. The van der Waals surface area contributed by atoms with Gasteiger partial charge in [-0.1, -0.05) is 0 Å². The van der Waals surface area contributed by atoms with E-state index in [9.17, 15) is 27.6 Å². The lowest BCUT2D eigenvalue weighted by atomic mass is 10.0. The molecule has 9 nitrogen and oxygen atoms in total. The predicted octanol–water partition coefficient (Wildman–Crippen LogP) is 4.04. The number of carbonyl (C=O) groups is 3. The van der Waals surface area contributed by atoms with Crippen LogP contribution < -0.4 is 9.64 Å². The number of alkyl halides is 3. The molecule has 2 aromatic carbocycles. The summed E-state index contributed by atoms with van der Waals surface area (Å²) < 4.78 is 48.6. The summed E-state index contributed by atoms with van der Waals surface area (Å²) in [4.78, 5) is 44.0. The Morgan fingerprint density at radius 1 is 1.00 bits per heavy atom. The average molecular weight is 556 g/mol. The molecule has 5 rings (SSSR count). The zero-order chi connectivity index (χ0) is 28.8. The quantitative estimate of drug-likeness (QED) is 0.474. The van der Waals surface area contributed by atoms with E-state index in [4.69, 9.17) is 4.74 Å². The maximum absolute atomic E-state index is 14.1. The summed E-state index contributed by atoms with van der Waals surface area (Å²) >= 11 is 0. The van der Waals surface area contributed by atoms with Crippen LogP contribution in [0.25, 0.3) is 5.69 Å². The van der Waals surface area contributed by atoms with Crippen molar-refractivity contribution < 1.29 is 32.3 Å². The first-order chi connectivity index (χ1) is 19.0. The molecule has 0 N–H and O–H groups in total. The molecule has 0 spiro atoms. The molecular weight excluding hydrogens is 527 g/mol. The first kappa shape index (κ1) is 27.2. The van der Waals surface area contributed by atoms with Gasteiger partial charge in [0.05, 0.1) is 18.4 Å². The number of benzene rings is 2. The number of ether oxygens (including phenoxy) is 1. The van der Waals surface area contributed by atoms with Gasteiger partial charge in [-0.05, 0) is 61.7 Å². The Morgan fingerprint density at radius 3 is 2.27 bits per heavy atom. The minimum Gasteiger partial charge on any atom is -0.497 e. The van der Waals surface area contributed by atoms with Gasteiger partial charge < -0.3 is 19.4 Å². The molecule has 3 aromatic rings. The standard InChI is InChI=1S/C28H28F3N5O4/c1-33(2)25(37)17-6-8-18(9-7-17)35-15-12-20-23(27(35)39)36(32-24(20)28(29,30)31)22-11-10-19(40-3)16-21(22)26(38)34-13-4-5-14-34/h6-11,16H,4-5,12-15H2,1-3H3. The molecule has 3 amide bonds. The number of rotatable bonds is 5. The monoisotopic (exact) mass is 555 g/mol. The molecule has 1 aromatic heterocycles. The van der Waals surface area contributed by atoms with Gasteiger partial charge >= 0.3 is 6.18 Å². The van der Waals surface area contributed by atoms with E-state index < -0.39 is 17.8 Å². The summed E-state index contributed by atoms with van der Waals surface area (Å²) in [6.07, 6.45) is -3.25. The van der Waals surface area contributed by atoms with E-state index in [1.807, 2.05) is 0 Å². The van der Waals surface area contributed by atoms with Gasteiger partial charge in [0.1, 0.15) is 11.4 Å². The van der Waals surface area contributed by atoms with Crippen molar-refractivity contribution in [2.75, 3.05) is 45.7 Å². The topological polar surface area (TPSA) is 88.0 Å². The second-order valence-corrected chi connectivity index (χ2v) is 9.92. The lowest BCUT2D eigenvalue weighted by Gasteiger charge is -2.28. The fourth-order valence-corrected chi connectivity index (χ4v) is 5.14. The minimum absolute atomic E-state index is 0.0102. The smallest absolute Gasteiger partial charge is 0.435 e. The lowest BCUT2D eigenvalue weighted by molar-refractivity contribution is -0.141. The number of aromatic nitrogens is 2. The van der Waals surface area contributed by atoms with Gasteiger partial charge in [-0.3, -0.25) is 14.4 Å². The van der Waals surface area contributed by atoms with E-state index in [0.717, 1.165) is 17.5 Å². The van der Waals surface area contributed by atoms with Crippen molar-refractivity contribution in [2.24, 2.45) is 0 Å². The molecule has 0 aliphatic carbocycles. The Morgan fingerprint density at radius 2 is 1.68 bits per heavy atom. The molecule has 2 aliphatic heterocycles. The van der Waals surface area contributed by atoms with E-state index in [-0.39, 0.29) is 47.3 Å². The Bertz CT molecular complexity index is 1470. The number of nitrogens with zero attached hydrogens (tertiary/aromatic N) is 5. The number of fused-ring (bicyclic) bond motifs is 1. The molecule has 40 heavy (non-hydrogen) atoms. The van der Waals surface area contributed by atoms with Crippen LogP contribution in [0.2, 0.25) is 0 Å². The third kappa shape index (κ3) is 4.78. The molecular formula is C28H28F3N5O4. The highest BCUT2D eigenvalue weighted by Gasteiger charge is 2.44. The summed E-state index contributed by atoms with van der Waals surface area (Å²) in [5, 5.41) is 3.88. The van der Waals surface area contributed by atoms with Crippen molar-refractivity contribution >= 4 is 23.4 Å². The highest BCUT2D eigenvalue weighted by atomic mass is 19.4. The van der Waals surface area contributed by atoms with Crippen LogP contribution in [0.5, 0.6) is 5.75 Å². The maximum atomic E-state index is 14.1. The first-order valence-corrected chi connectivity index (χ1v) is 12.8. The van der Waals surface area contributed by atoms with Crippen LogP contribution >= 0.6 is 0 Å². The number of methoxy groups -OCH3 is 1. The van der Waals surface area contributed by atoms with E-state index in [0.29, 0.717) is 30.1 Å². The summed E-state index contributed by atoms with van der Waals surface area (Å²) in [6, 6.07) is 10.7. The average Bonchev–Trinajstić information content (AvgIpc) is 3.61. The number of anilines is 1. The molecule has 0 radical (unpaired) electrons. The molecule has 3 heterocycles. The summed E-state index contributed by atoms with van der Waals surface area (Å²) in [7, 11) is 4.66. The highest BCUT2D eigenvalue weighted by Crippen LogP contribution is 2.38. The van der Waals surface area contributed by atoms with Crippen LogP contribution in [-0.4, -0.2) is 78.1 Å². The normalized spacial score (nSPS) is 15.3. The van der Waals surface area contributed by atoms with Crippen LogP contribution in [-0.2, 0) is 12.6 Å². The Labute approximate surface area is 228 Å². The van der Waals surface area contributed by atoms with Crippen LogP contribution in [0.15, 0.2) is 42.5 Å². The van der Waals surface area contributed by atoms with Crippen LogP contribution in [0, 0.1) is 0 Å². The molecule has 1 fully saturated rings. The molecule has 0 atom stereocenters. The van der Waals surface area contributed by atoms with Gasteiger partial charge in [0.15, 0.2) is 5.69 Å². The molecule has 0 bridgehead atoms. The highest BCUT2D eigenvalue weighted by molar-refractivity contribution is 6.08. The van der Waals surface area contributed by atoms with Gasteiger partial charge in [-0.25, -0.2) is 4.68 Å². The van der Waals surface area contributed by atoms with E-state index in [2.05, 4.69) is 5.10 Å². The van der Waals surface area contributed by atoms with E-state index in [1.165, 1.54) is 35.1 Å². The van der Waals surface area contributed by atoms with Gasteiger partial charge in [0.25, 0.3) is 17.7 Å². The SMILES string of the molecule is COc1ccc(-n2nc(C(F)(F)F)c3c2C(=O)N(c2ccc(C(=O)N(C)C)cc2)CC3)c(C(=O)N2CCCC2)c1. The van der Waals surface area contributed by atoms with E-state index >= 15 is 0 Å².